The lowest BCUT2D eigenvalue weighted by Gasteiger charge is -2.28. The van der Waals surface area contributed by atoms with E-state index in [1.807, 2.05) is 36.4 Å². The number of carbonyl (C=O) groups is 4. The molecule has 2 atom stereocenters. The van der Waals surface area contributed by atoms with Crippen LogP contribution in [0.15, 0.2) is 48.5 Å². The minimum absolute atomic E-state index is 0.100. The number of fused-ring (bicyclic) bond motifs is 3. The summed E-state index contributed by atoms with van der Waals surface area (Å²) in [5.41, 5.74) is 4.23. The fraction of sp³-hybridized carbons (Fsp3) is 0.600. The molecule has 1 unspecified atom stereocenters. The van der Waals surface area contributed by atoms with Gasteiger partial charge in [-0.1, -0.05) is 106 Å². The number of hydrogen-bond acceptors (Lipinski definition) is 6. The summed E-state index contributed by atoms with van der Waals surface area (Å²) in [6.07, 6.45) is 15.1. The Morgan fingerprint density at radius 3 is 1.88 bits per heavy atom. The van der Waals surface area contributed by atoms with Gasteiger partial charge in [-0.05, 0) is 68.7 Å². The molecule has 3 N–H and O–H groups in total. The van der Waals surface area contributed by atoms with Crippen LogP contribution < -0.4 is 10.6 Å². The summed E-state index contributed by atoms with van der Waals surface area (Å²) in [5.74, 6) is -1.66. The first-order valence-corrected chi connectivity index (χ1v) is 18.3. The van der Waals surface area contributed by atoms with Crippen LogP contribution in [0.2, 0.25) is 0 Å². The number of carboxylic acid groups (broad SMARTS) is 1. The van der Waals surface area contributed by atoms with Gasteiger partial charge in [0.05, 0.1) is 18.2 Å². The molecule has 0 aromatic heterocycles. The summed E-state index contributed by atoms with van der Waals surface area (Å²) < 4.78 is 11.8. The monoisotopic (exact) mass is 678 g/mol. The quantitative estimate of drug-likeness (QED) is 0.0752. The predicted molar refractivity (Wildman–Crippen MR) is 193 cm³/mol. The molecule has 0 saturated heterocycles. The standard InChI is InChI=1S/C40H58N2O7/c1-40(2,3)49-30(20-12-8-6-4-5-7-11-19-27-43)21-13-9-10-14-26-37(44)42-36(38(45)46)28-41-39(47)48-29-35-33-24-17-15-22-31(33)32-23-16-18-25-34(32)35/h15-18,22-25,27,30,35-36H,4-14,19-21,26,28-29H2,1-3H3,(H,41,47)(H,42,44)(H,45,46)/t30-,36?/m0/s1. The molecule has 1 aliphatic carbocycles. The number of ether oxygens (including phenoxy) is 2. The summed E-state index contributed by atoms with van der Waals surface area (Å²) >= 11 is 0. The van der Waals surface area contributed by atoms with Gasteiger partial charge in [0.1, 0.15) is 18.9 Å². The minimum Gasteiger partial charge on any atom is -0.480 e. The van der Waals surface area contributed by atoms with E-state index in [1.54, 1.807) is 0 Å². The molecular weight excluding hydrogens is 620 g/mol. The first-order chi connectivity index (χ1) is 23.6. The number of rotatable bonds is 24. The first kappa shape index (κ1) is 39.7. The van der Waals surface area contributed by atoms with Crippen molar-refractivity contribution in [2.45, 2.75) is 141 Å². The van der Waals surface area contributed by atoms with Gasteiger partial charge in [-0.15, -0.1) is 0 Å². The van der Waals surface area contributed by atoms with Crippen LogP contribution in [0.3, 0.4) is 0 Å². The lowest BCUT2D eigenvalue weighted by molar-refractivity contribution is -0.141. The summed E-state index contributed by atoms with van der Waals surface area (Å²) in [7, 11) is 0. The van der Waals surface area contributed by atoms with Crippen molar-refractivity contribution in [3.8, 4) is 11.1 Å². The van der Waals surface area contributed by atoms with E-state index in [4.69, 9.17) is 9.47 Å². The predicted octanol–water partition coefficient (Wildman–Crippen LogP) is 8.33. The van der Waals surface area contributed by atoms with Gasteiger partial charge < -0.3 is 30.0 Å². The molecule has 9 heteroatoms. The van der Waals surface area contributed by atoms with E-state index in [0.29, 0.717) is 12.8 Å². The molecule has 0 bridgehead atoms. The average molecular weight is 679 g/mol. The zero-order valence-corrected chi connectivity index (χ0v) is 29.8. The molecule has 2 aromatic rings. The molecular formula is C40H58N2O7. The van der Waals surface area contributed by atoms with Crippen molar-refractivity contribution < 1.29 is 33.8 Å². The summed E-state index contributed by atoms with van der Waals surface area (Å²) in [4.78, 5) is 47.3. The molecule has 0 fully saturated rings. The Hall–Kier alpha value is -3.72. The van der Waals surface area contributed by atoms with Crippen LogP contribution in [-0.4, -0.2) is 60.3 Å². The summed E-state index contributed by atoms with van der Waals surface area (Å²) in [5, 5.41) is 14.7. The van der Waals surface area contributed by atoms with Gasteiger partial charge in [0.2, 0.25) is 5.91 Å². The average Bonchev–Trinajstić information content (AvgIpc) is 3.39. The number of aliphatic carboxylic acids is 1. The molecule has 0 radical (unpaired) electrons. The van der Waals surface area contributed by atoms with Crippen LogP contribution in [0.4, 0.5) is 4.79 Å². The van der Waals surface area contributed by atoms with E-state index >= 15 is 0 Å². The maximum Gasteiger partial charge on any atom is 0.407 e. The van der Waals surface area contributed by atoms with Gasteiger partial charge in [0, 0.05) is 18.8 Å². The Balaban J connectivity index is 1.30. The zero-order valence-electron chi connectivity index (χ0n) is 29.8. The first-order valence-electron chi connectivity index (χ1n) is 18.3. The second-order valence-electron chi connectivity index (χ2n) is 14.2. The van der Waals surface area contributed by atoms with E-state index in [0.717, 1.165) is 79.9 Å². The number of unbranched alkanes of at least 4 members (excludes halogenated alkanes) is 10. The zero-order chi connectivity index (χ0) is 35.5. The smallest absolute Gasteiger partial charge is 0.407 e. The summed E-state index contributed by atoms with van der Waals surface area (Å²) in [6.45, 7) is 6.13. The molecule has 1 aliphatic rings. The Morgan fingerprint density at radius 2 is 1.33 bits per heavy atom. The minimum atomic E-state index is -1.24. The van der Waals surface area contributed by atoms with Gasteiger partial charge in [-0.3, -0.25) is 4.79 Å². The molecule has 270 valence electrons. The number of alkyl carbamates (subject to hydrolysis) is 1. The highest BCUT2D eigenvalue weighted by molar-refractivity contribution is 5.84. The van der Waals surface area contributed by atoms with Crippen molar-refractivity contribution >= 4 is 24.3 Å². The van der Waals surface area contributed by atoms with E-state index in [1.165, 1.54) is 25.7 Å². The molecule has 2 aromatic carbocycles. The third-order valence-electron chi connectivity index (χ3n) is 8.98. The van der Waals surface area contributed by atoms with Crippen LogP contribution >= 0.6 is 0 Å². The van der Waals surface area contributed by atoms with Gasteiger partial charge in [-0.25, -0.2) is 9.59 Å². The fourth-order valence-corrected chi connectivity index (χ4v) is 6.56. The maximum atomic E-state index is 12.5. The van der Waals surface area contributed by atoms with Crippen LogP contribution in [0.25, 0.3) is 11.1 Å². The number of benzene rings is 2. The Morgan fingerprint density at radius 1 is 0.796 bits per heavy atom. The van der Waals surface area contributed by atoms with Crippen molar-refractivity contribution in [2.24, 2.45) is 0 Å². The summed E-state index contributed by atoms with van der Waals surface area (Å²) in [6, 6.07) is 14.8. The van der Waals surface area contributed by atoms with Crippen molar-refractivity contribution in [2.75, 3.05) is 13.2 Å². The largest absolute Gasteiger partial charge is 0.480 e. The van der Waals surface area contributed by atoms with Crippen LogP contribution in [0.5, 0.6) is 0 Å². The molecule has 0 aliphatic heterocycles. The number of amides is 2. The van der Waals surface area contributed by atoms with Crippen molar-refractivity contribution in [3.05, 3.63) is 59.7 Å². The number of carboxylic acids is 1. The topological polar surface area (TPSA) is 131 Å². The fourth-order valence-electron chi connectivity index (χ4n) is 6.56. The van der Waals surface area contributed by atoms with Crippen LogP contribution in [-0.2, 0) is 23.9 Å². The SMILES string of the molecule is CC(C)(C)O[C@@H](CCCCCCCCCC=O)CCCCCCC(=O)NC(CNC(=O)OCC1c2ccccc2-c2ccccc21)C(=O)O. The number of carbonyl (C=O) groups excluding carboxylic acids is 3. The van der Waals surface area contributed by atoms with Gasteiger partial charge in [0.15, 0.2) is 0 Å². The van der Waals surface area contributed by atoms with E-state index in [-0.39, 0.29) is 43.1 Å². The van der Waals surface area contributed by atoms with Crippen molar-refractivity contribution in [3.63, 3.8) is 0 Å². The molecule has 49 heavy (non-hydrogen) atoms. The number of nitrogens with one attached hydrogen (secondary N) is 2. The van der Waals surface area contributed by atoms with E-state index in [2.05, 4.69) is 43.5 Å². The molecule has 0 spiro atoms. The lowest BCUT2D eigenvalue weighted by atomic mass is 9.98. The molecule has 0 saturated carbocycles. The molecule has 9 nitrogen and oxygen atoms in total. The van der Waals surface area contributed by atoms with Crippen LogP contribution in [0, 0.1) is 0 Å². The lowest BCUT2D eigenvalue weighted by Crippen LogP contribution is -2.48. The van der Waals surface area contributed by atoms with Gasteiger partial charge in [0.25, 0.3) is 0 Å². The normalized spacial score (nSPS) is 13.6. The molecule has 3 rings (SSSR count). The molecule has 0 heterocycles. The highest BCUT2D eigenvalue weighted by Gasteiger charge is 2.29. The van der Waals surface area contributed by atoms with E-state index in [9.17, 15) is 24.3 Å². The van der Waals surface area contributed by atoms with Gasteiger partial charge >= 0.3 is 12.1 Å². The second kappa shape index (κ2) is 21.4. The van der Waals surface area contributed by atoms with Crippen LogP contribution in [0.1, 0.15) is 134 Å². The second-order valence-corrected chi connectivity index (χ2v) is 14.2. The third kappa shape index (κ3) is 14.7. The highest BCUT2D eigenvalue weighted by Crippen LogP contribution is 2.44. The number of aldehydes is 1. The Bertz CT molecular complexity index is 1280. The van der Waals surface area contributed by atoms with Gasteiger partial charge in [-0.2, -0.15) is 0 Å². The number of hydrogen-bond donors (Lipinski definition) is 3. The Labute approximate surface area is 292 Å². The Kier molecular flexibility index (Phi) is 17.3. The third-order valence-corrected chi connectivity index (χ3v) is 8.98. The maximum absolute atomic E-state index is 12.5. The van der Waals surface area contributed by atoms with Crippen molar-refractivity contribution in [1.29, 1.82) is 0 Å². The van der Waals surface area contributed by atoms with E-state index < -0.39 is 18.1 Å². The highest BCUT2D eigenvalue weighted by atomic mass is 16.5. The van der Waals surface area contributed by atoms with Crippen molar-refractivity contribution in [1.82, 2.24) is 10.6 Å². The molecule has 2 amide bonds.